The van der Waals surface area contributed by atoms with Crippen LogP contribution < -0.4 is 10.1 Å². The van der Waals surface area contributed by atoms with Crippen LogP contribution in [-0.2, 0) is 17.6 Å². The molecule has 0 saturated heterocycles. The zero-order valence-electron chi connectivity index (χ0n) is 13.6. The van der Waals surface area contributed by atoms with Crippen molar-refractivity contribution >= 4 is 5.91 Å². The van der Waals surface area contributed by atoms with Crippen molar-refractivity contribution < 1.29 is 13.9 Å². The molecule has 0 bridgehead atoms. The SMILES string of the molecule is O=C(Cc1coc(-c2ccccc2)n1)N[C@@H]1COc2ccccc2C1. The zero-order valence-corrected chi connectivity index (χ0v) is 13.6. The first-order chi connectivity index (χ1) is 12.3. The van der Waals surface area contributed by atoms with Gasteiger partial charge >= 0.3 is 0 Å². The molecule has 1 amide bonds. The van der Waals surface area contributed by atoms with Gasteiger partial charge in [-0.3, -0.25) is 4.79 Å². The summed E-state index contributed by atoms with van der Waals surface area (Å²) in [5.74, 6) is 1.34. The second-order valence-corrected chi connectivity index (χ2v) is 6.07. The van der Waals surface area contributed by atoms with Gasteiger partial charge in [-0.05, 0) is 30.2 Å². The molecule has 0 fully saturated rings. The van der Waals surface area contributed by atoms with E-state index in [-0.39, 0.29) is 18.4 Å². The van der Waals surface area contributed by atoms with E-state index < -0.39 is 0 Å². The number of carbonyl (C=O) groups excluding carboxylic acids is 1. The first-order valence-electron chi connectivity index (χ1n) is 8.28. The van der Waals surface area contributed by atoms with Gasteiger partial charge in [-0.2, -0.15) is 0 Å². The lowest BCUT2D eigenvalue weighted by Crippen LogP contribution is -2.43. The number of nitrogens with one attached hydrogen (secondary N) is 1. The minimum absolute atomic E-state index is 0.0251. The van der Waals surface area contributed by atoms with Crippen LogP contribution in [0.5, 0.6) is 5.75 Å². The van der Waals surface area contributed by atoms with E-state index in [9.17, 15) is 4.79 Å². The maximum atomic E-state index is 12.3. The van der Waals surface area contributed by atoms with Crippen LogP contribution in [0, 0.1) is 0 Å². The van der Waals surface area contributed by atoms with Gasteiger partial charge in [0.1, 0.15) is 18.6 Å². The van der Waals surface area contributed by atoms with Gasteiger partial charge in [0, 0.05) is 5.56 Å². The number of nitrogens with zero attached hydrogens (tertiary/aromatic N) is 1. The largest absolute Gasteiger partial charge is 0.491 e. The molecule has 5 nitrogen and oxygen atoms in total. The second-order valence-electron chi connectivity index (χ2n) is 6.07. The summed E-state index contributed by atoms with van der Waals surface area (Å²) in [4.78, 5) is 16.7. The number of ether oxygens (including phenoxy) is 1. The van der Waals surface area contributed by atoms with Crippen LogP contribution in [0.15, 0.2) is 65.3 Å². The van der Waals surface area contributed by atoms with E-state index in [1.807, 2.05) is 54.6 Å². The topological polar surface area (TPSA) is 64.4 Å². The van der Waals surface area contributed by atoms with E-state index in [2.05, 4.69) is 10.3 Å². The third-order valence-electron chi connectivity index (χ3n) is 4.16. The molecule has 2 aromatic carbocycles. The van der Waals surface area contributed by atoms with Crippen LogP contribution in [0.25, 0.3) is 11.5 Å². The fourth-order valence-corrected chi connectivity index (χ4v) is 2.97. The molecular formula is C20H18N2O3. The van der Waals surface area contributed by atoms with Crippen molar-refractivity contribution in [3.05, 3.63) is 72.1 Å². The van der Waals surface area contributed by atoms with Gasteiger partial charge in [-0.15, -0.1) is 0 Å². The summed E-state index contributed by atoms with van der Waals surface area (Å²) in [6.45, 7) is 0.483. The summed E-state index contributed by atoms with van der Waals surface area (Å²) in [6, 6.07) is 17.5. The maximum absolute atomic E-state index is 12.3. The third kappa shape index (κ3) is 3.55. The number of fused-ring (bicyclic) bond motifs is 1. The van der Waals surface area contributed by atoms with Crippen molar-refractivity contribution in [1.82, 2.24) is 10.3 Å². The molecule has 25 heavy (non-hydrogen) atoms. The molecule has 1 aliphatic heterocycles. The maximum Gasteiger partial charge on any atom is 0.226 e. The number of carbonyl (C=O) groups is 1. The average Bonchev–Trinajstić information content (AvgIpc) is 3.10. The summed E-state index contributed by atoms with van der Waals surface area (Å²) in [5.41, 5.74) is 2.63. The molecule has 1 aliphatic rings. The Balaban J connectivity index is 1.36. The van der Waals surface area contributed by atoms with Crippen LogP contribution >= 0.6 is 0 Å². The Morgan fingerprint density at radius 1 is 1.12 bits per heavy atom. The van der Waals surface area contributed by atoms with E-state index in [1.165, 1.54) is 6.26 Å². The number of rotatable bonds is 4. The number of oxazole rings is 1. The Bertz CT molecular complexity index is 873. The Morgan fingerprint density at radius 2 is 1.92 bits per heavy atom. The summed E-state index contributed by atoms with van der Waals surface area (Å²) in [6.07, 6.45) is 2.50. The van der Waals surface area contributed by atoms with E-state index in [1.54, 1.807) is 0 Å². The molecule has 0 radical (unpaired) electrons. The molecule has 126 valence electrons. The van der Waals surface area contributed by atoms with Crippen molar-refractivity contribution in [3.63, 3.8) is 0 Å². The van der Waals surface area contributed by atoms with Crippen molar-refractivity contribution in [3.8, 4) is 17.2 Å². The highest BCUT2D eigenvalue weighted by Gasteiger charge is 2.21. The standard InChI is InChI=1S/C20H18N2O3/c23-19(21-16-10-15-8-4-5-9-18(15)24-12-16)11-17-13-25-20(22-17)14-6-2-1-3-7-14/h1-9,13,16H,10-12H2,(H,21,23)/t16-/m0/s1. The number of hydrogen-bond acceptors (Lipinski definition) is 4. The first-order valence-corrected chi connectivity index (χ1v) is 8.28. The predicted octanol–water partition coefficient (Wildman–Crippen LogP) is 3.00. The van der Waals surface area contributed by atoms with E-state index in [0.717, 1.165) is 23.3 Å². The smallest absolute Gasteiger partial charge is 0.226 e. The van der Waals surface area contributed by atoms with E-state index in [0.29, 0.717) is 18.2 Å². The van der Waals surface area contributed by atoms with Crippen molar-refractivity contribution in [1.29, 1.82) is 0 Å². The Labute approximate surface area is 145 Å². The van der Waals surface area contributed by atoms with Crippen LogP contribution in [-0.4, -0.2) is 23.5 Å². The lowest BCUT2D eigenvalue weighted by molar-refractivity contribution is -0.121. The number of para-hydroxylation sites is 1. The Kier molecular flexibility index (Phi) is 4.21. The average molecular weight is 334 g/mol. The molecule has 3 aromatic rings. The number of amides is 1. The summed E-state index contributed by atoms with van der Waals surface area (Å²) < 4.78 is 11.2. The fourth-order valence-electron chi connectivity index (χ4n) is 2.97. The lowest BCUT2D eigenvalue weighted by atomic mass is 10.0. The van der Waals surface area contributed by atoms with Crippen LogP contribution in [0.4, 0.5) is 0 Å². The van der Waals surface area contributed by atoms with E-state index >= 15 is 0 Å². The minimum atomic E-state index is -0.0825. The first kappa shape index (κ1) is 15.4. The van der Waals surface area contributed by atoms with Gasteiger partial charge in [0.2, 0.25) is 11.8 Å². The number of benzene rings is 2. The Morgan fingerprint density at radius 3 is 2.80 bits per heavy atom. The molecule has 0 saturated carbocycles. The van der Waals surface area contributed by atoms with E-state index in [4.69, 9.17) is 9.15 Å². The minimum Gasteiger partial charge on any atom is -0.491 e. The van der Waals surface area contributed by atoms with Gasteiger partial charge in [0.05, 0.1) is 18.2 Å². The summed E-state index contributed by atoms with van der Waals surface area (Å²) >= 11 is 0. The van der Waals surface area contributed by atoms with Gasteiger partial charge < -0.3 is 14.5 Å². The van der Waals surface area contributed by atoms with Gasteiger partial charge in [0.25, 0.3) is 0 Å². The molecule has 0 spiro atoms. The van der Waals surface area contributed by atoms with Gasteiger partial charge in [0.15, 0.2) is 0 Å². The van der Waals surface area contributed by atoms with Crippen LogP contribution in [0.2, 0.25) is 0 Å². The highest BCUT2D eigenvalue weighted by atomic mass is 16.5. The second kappa shape index (κ2) is 6.81. The quantitative estimate of drug-likeness (QED) is 0.796. The van der Waals surface area contributed by atoms with Gasteiger partial charge in [-0.25, -0.2) is 4.98 Å². The molecule has 0 unspecified atom stereocenters. The van der Waals surface area contributed by atoms with Crippen LogP contribution in [0.3, 0.4) is 0 Å². The Hall–Kier alpha value is -3.08. The fraction of sp³-hybridized carbons (Fsp3) is 0.200. The molecular weight excluding hydrogens is 316 g/mol. The molecule has 1 N–H and O–H groups in total. The number of aromatic nitrogens is 1. The predicted molar refractivity (Wildman–Crippen MR) is 93.2 cm³/mol. The third-order valence-corrected chi connectivity index (χ3v) is 4.16. The zero-order chi connectivity index (χ0) is 17.1. The van der Waals surface area contributed by atoms with Crippen LogP contribution in [0.1, 0.15) is 11.3 Å². The highest BCUT2D eigenvalue weighted by Crippen LogP contribution is 2.24. The molecule has 1 aromatic heterocycles. The lowest BCUT2D eigenvalue weighted by Gasteiger charge is -2.25. The van der Waals surface area contributed by atoms with Gasteiger partial charge in [-0.1, -0.05) is 36.4 Å². The normalized spacial score (nSPS) is 15.9. The molecule has 5 heteroatoms. The van der Waals surface area contributed by atoms with Crippen molar-refractivity contribution in [2.24, 2.45) is 0 Å². The molecule has 4 rings (SSSR count). The number of hydrogen-bond donors (Lipinski definition) is 1. The highest BCUT2D eigenvalue weighted by molar-refractivity contribution is 5.78. The van der Waals surface area contributed by atoms with Crippen molar-refractivity contribution in [2.45, 2.75) is 18.9 Å². The molecule has 2 heterocycles. The molecule has 0 aliphatic carbocycles. The summed E-state index contributed by atoms with van der Waals surface area (Å²) in [7, 11) is 0. The monoisotopic (exact) mass is 334 g/mol. The summed E-state index contributed by atoms with van der Waals surface area (Å²) in [5, 5.41) is 3.01. The van der Waals surface area contributed by atoms with Crippen molar-refractivity contribution in [2.75, 3.05) is 6.61 Å². The molecule has 1 atom stereocenters.